The van der Waals surface area contributed by atoms with E-state index < -0.39 is 12.2 Å². The van der Waals surface area contributed by atoms with Gasteiger partial charge in [-0.3, -0.25) is 0 Å². The molecule has 0 saturated heterocycles. The minimum absolute atomic E-state index is 0.179. The lowest BCUT2D eigenvalue weighted by Gasteiger charge is -2.10. The van der Waals surface area contributed by atoms with Crippen molar-refractivity contribution in [3.63, 3.8) is 0 Å². The van der Waals surface area contributed by atoms with Crippen molar-refractivity contribution in [2.45, 2.75) is 6.36 Å². The molecule has 0 aromatic carbocycles. The summed E-state index contributed by atoms with van der Waals surface area (Å²) in [5, 5.41) is 0. The Balaban J connectivity index is 3.09. The van der Waals surface area contributed by atoms with Gasteiger partial charge >= 0.3 is 6.36 Å². The highest BCUT2D eigenvalue weighted by molar-refractivity contribution is 14.1. The van der Waals surface area contributed by atoms with Gasteiger partial charge in [0.05, 0.1) is 4.47 Å². The molecular weight excluding hydrogens is 446 g/mol. The highest BCUT2D eigenvalue weighted by Crippen LogP contribution is 2.33. The summed E-state index contributed by atoms with van der Waals surface area (Å²) in [4.78, 5) is 3.54. The van der Waals surface area contributed by atoms with Crippen LogP contribution in [0.25, 0.3) is 0 Å². The van der Waals surface area contributed by atoms with Crippen LogP contribution < -0.4 is 4.74 Å². The second-order valence-electron chi connectivity index (χ2n) is 2.09. The first-order valence-corrected chi connectivity index (χ1v) is 5.73. The molecule has 1 rings (SSSR count). The first-order valence-electron chi connectivity index (χ1n) is 3.07. The Hall–Kier alpha value is 0.430. The van der Waals surface area contributed by atoms with E-state index in [0.29, 0.717) is 3.57 Å². The predicted molar refractivity (Wildman–Crippen MR) is 59.0 cm³/mol. The van der Waals surface area contributed by atoms with Crippen LogP contribution in [0.15, 0.2) is 15.1 Å². The van der Waals surface area contributed by atoms with Crippen LogP contribution in [0, 0.1) is 3.57 Å². The first-order chi connectivity index (χ1) is 6.29. The summed E-state index contributed by atoms with van der Waals surface area (Å²) in [6, 6.07) is 1.56. The SMILES string of the molecule is FC(F)(F)Oc1nc(Br)cc(I)c1Br. The molecule has 2 nitrogen and oxygen atoms in total. The minimum atomic E-state index is -4.74. The monoisotopic (exact) mass is 445 g/mol. The number of rotatable bonds is 1. The summed E-state index contributed by atoms with van der Waals surface area (Å²) in [5.41, 5.74) is 0. The van der Waals surface area contributed by atoms with Crippen LogP contribution in [0.3, 0.4) is 0 Å². The second-order valence-corrected chi connectivity index (χ2v) is 4.86. The number of pyridine rings is 1. The molecule has 1 aromatic heterocycles. The van der Waals surface area contributed by atoms with Crippen molar-refractivity contribution >= 4 is 54.5 Å². The molecule has 0 atom stereocenters. The van der Waals surface area contributed by atoms with Crippen LogP contribution >= 0.6 is 54.5 Å². The van der Waals surface area contributed by atoms with Gasteiger partial charge in [0.1, 0.15) is 4.60 Å². The molecule has 0 unspecified atom stereocenters. The molecule has 1 heterocycles. The van der Waals surface area contributed by atoms with Crippen LogP contribution in [0.4, 0.5) is 13.2 Å². The Kier molecular flexibility index (Phi) is 4.03. The number of hydrogen-bond acceptors (Lipinski definition) is 2. The molecule has 0 N–H and O–H groups in total. The van der Waals surface area contributed by atoms with Gasteiger partial charge in [0.2, 0.25) is 5.88 Å². The van der Waals surface area contributed by atoms with Crippen molar-refractivity contribution in [2.75, 3.05) is 0 Å². The predicted octanol–water partition coefficient (Wildman–Crippen LogP) is 4.11. The van der Waals surface area contributed by atoms with Gasteiger partial charge in [-0.1, -0.05) is 0 Å². The Bertz CT molecular complexity index is 358. The lowest BCUT2D eigenvalue weighted by atomic mass is 10.5. The molecule has 0 saturated carbocycles. The fourth-order valence-corrected chi connectivity index (χ4v) is 2.25. The first kappa shape index (κ1) is 12.5. The third-order valence-electron chi connectivity index (χ3n) is 1.06. The maximum Gasteiger partial charge on any atom is 0.574 e. The molecule has 1 aromatic rings. The van der Waals surface area contributed by atoms with Crippen molar-refractivity contribution in [1.82, 2.24) is 4.98 Å². The lowest BCUT2D eigenvalue weighted by Crippen LogP contribution is -2.18. The van der Waals surface area contributed by atoms with Crippen LogP contribution in [0.2, 0.25) is 0 Å². The number of aromatic nitrogens is 1. The third-order valence-corrected chi connectivity index (χ3v) is 3.83. The molecule has 0 bridgehead atoms. The zero-order valence-electron chi connectivity index (χ0n) is 6.20. The quantitative estimate of drug-likeness (QED) is 0.478. The summed E-state index contributed by atoms with van der Waals surface area (Å²) in [6.07, 6.45) is -4.74. The number of halogens is 6. The van der Waals surface area contributed by atoms with Crippen molar-refractivity contribution in [3.05, 3.63) is 18.7 Å². The summed E-state index contributed by atoms with van der Waals surface area (Å²) in [5.74, 6) is -0.503. The van der Waals surface area contributed by atoms with E-state index in [4.69, 9.17) is 0 Å². The Labute approximate surface area is 108 Å². The zero-order chi connectivity index (χ0) is 10.9. The van der Waals surface area contributed by atoms with Gasteiger partial charge in [0.25, 0.3) is 0 Å². The molecule has 0 amide bonds. The number of ether oxygens (including phenoxy) is 1. The van der Waals surface area contributed by atoms with E-state index in [0.717, 1.165) is 0 Å². The molecule has 0 radical (unpaired) electrons. The smallest absolute Gasteiger partial charge is 0.387 e. The van der Waals surface area contributed by atoms with E-state index in [9.17, 15) is 13.2 Å². The second kappa shape index (κ2) is 4.52. The van der Waals surface area contributed by atoms with Gasteiger partial charge in [-0.15, -0.1) is 13.2 Å². The van der Waals surface area contributed by atoms with Crippen molar-refractivity contribution in [3.8, 4) is 5.88 Å². The standard InChI is InChI=1S/C6HBr2F3INO/c7-3-1-2(12)4(8)5(13-3)14-6(9,10)11/h1H. The largest absolute Gasteiger partial charge is 0.574 e. The molecular formula is C6HBr2F3INO. The van der Waals surface area contributed by atoms with Crippen molar-refractivity contribution in [2.24, 2.45) is 0 Å². The Morgan fingerprint density at radius 3 is 2.43 bits per heavy atom. The van der Waals surface area contributed by atoms with E-state index in [1.165, 1.54) is 0 Å². The summed E-state index contributed by atoms with van der Waals surface area (Å²) < 4.78 is 40.4. The highest BCUT2D eigenvalue weighted by atomic mass is 127. The van der Waals surface area contributed by atoms with E-state index in [1.54, 1.807) is 6.07 Å². The van der Waals surface area contributed by atoms with Crippen LogP contribution in [0.1, 0.15) is 0 Å². The fourth-order valence-electron chi connectivity index (χ4n) is 0.626. The number of nitrogens with zero attached hydrogens (tertiary/aromatic N) is 1. The molecule has 0 aliphatic carbocycles. The molecule has 0 aliphatic heterocycles. The van der Waals surface area contributed by atoms with Crippen molar-refractivity contribution < 1.29 is 17.9 Å². The molecule has 78 valence electrons. The topological polar surface area (TPSA) is 22.1 Å². The Morgan fingerprint density at radius 2 is 1.93 bits per heavy atom. The highest BCUT2D eigenvalue weighted by Gasteiger charge is 2.33. The summed E-state index contributed by atoms with van der Waals surface area (Å²) in [6.45, 7) is 0. The normalized spacial score (nSPS) is 11.6. The Morgan fingerprint density at radius 1 is 1.36 bits per heavy atom. The maximum atomic E-state index is 11.9. The average molecular weight is 447 g/mol. The van der Waals surface area contributed by atoms with E-state index >= 15 is 0 Å². The van der Waals surface area contributed by atoms with Gasteiger partial charge in [0, 0.05) is 3.57 Å². The van der Waals surface area contributed by atoms with Gasteiger partial charge in [-0.25, -0.2) is 4.98 Å². The molecule has 14 heavy (non-hydrogen) atoms. The summed E-state index contributed by atoms with van der Waals surface area (Å²) in [7, 11) is 0. The van der Waals surface area contributed by atoms with Gasteiger partial charge in [-0.2, -0.15) is 0 Å². The fraction of sp³-hybridized carbons (Fsp3) is 0.167. The zero-order valence-corrected chi connectivity index (χ0v) is 11.5. The van der Waals surface area contributed by atoms with Crippen molar-refractivity contribution in [1.29, 1.82) is 0 Å². The van der Waals surface area contributed by atoms with Crippen LogP contribution in [0.5, 0.6) is 5.88 Å². The number of hydrogen-bond donors (Lipinski definition) is 0. The van der Waals surface area contributed by atoms with Gasteiger partial charge in [-0.05, 0) is 60.5 Å². The van der Waals surface area contributed by atoms with E-state index in [1.807, 2.05) is 22.6 Å². The van der Waals surface area contributed by atoms with Crippen LogP contribution in [-0.4, -0.2) is 11.3 Å². The maximum absolute atomic E-state index is 11.9. The van der Waals surface area contributed by atoms with Crippen LogP contribution in [-0.2, 0) is 0 Å². The van der Waals surface area contributed by atoms with E-state index in [-0.39, 0.29) is 9.08 Å². The third kappa shape index (κ3) is 3.54. The summed E-state index contributed by atoms with van der Waals surface area (Å²) >= 11 is 7.78. The lowest BCUT2D eigenvalue weighted by molar-refractivity contribution is -0.276. The average Bonchev–Trinajstić information content (AvgIpc) is 1.96. The molecule has 0 spiro atoms. The van der Waals surface area contributed by atoms with Gasteiger partial charge in [0.15, 0.2) is 0 Å². The number of alkyl halides is 3. The molecule has 8 heteroatoms. The minimum Gasteiger partial charge on any atom is -0.387 e. The van der Waals surface area contributed by atoms with Gasteiger partial charge < -0.3 is 4.74 Å². The molecule has 0 aliphatic rings. The van der Waals surface area contributed by atoms with E-state index in [2.05, 4.69) is 41.6 Å². The molecule has 0 fully saturated rings.